The highest BCUT2D eigenvalue weighted by atomic mass is 16.6. The van der Waals surface area contributed by atoms with Crippen LogP contribution in [0.4, 0.5) is 0 Å². The monoisotopic (exact) mass is 404 g/mol. The Bertz CT molecular complexity index is 614. The molecule has 0 bridgehead atoms. The summed E-state index contributed by atoms with van der Waals surface area (Å²) in [7, 11) is 0. The van der Waals surface area contributed by atoms with E-state index in [0.29, 0.717) is 29.8 Å². The van der Waals surface area contributed by atoms with E-state index in [1.54, 1.807) is 6.92 Å². The molecule has 0 radical (unpaired) electrons. The Morgan fingerprint density at radius 1 is 1.14 bits per heavy atom. The highest BCUT2D eigenvalue weighted by molar-refractivity contribution is 6.07. The van der Waals surface area contributed by atoms with E-state index in [1.165, 1.54) is 32.1 Å². The summed E-state index contributed by atoms with van der Waals surface area (Å²) >= 11 is 0. The van der Waals surface area contributed by atoms with Gasteiger partial charge in [-0.3, -0.25) is 9.69 Å². The number of amides is 1. The van der Waals surface area contributed by atoms with E-state index in [-0.39, 0.29) is 11.9 Å². The molecule has 0 aromatic heterocycles. The van der Waals surface area contributed by atoms with Crippen LogP contribution in [0, 0.1) is 0 Å². The molecule has 3 rings (SSSR count). The van der Waals surface area contributed by atoms with Crippen molar-refractivity contribution >= 4 is 11.9 Å². The lowest BCUT2D eigenvalue weighted by Gasteiger charge is -2.38. The van der Waals surface area contributed by atoms with Gasteiger partial charge in [0.25, 0.3) is 5.91 Å². The maximum absolute atomic E-state index is 13.2. The van der Waals surface area contributed by atoms with Crippen molar-refractivity contribution in [2.24, 2.45) is 0 Å². The van der Waals surface area contributed by atoms with Gasteiger partial charge in [0.2, 0.25) is 0 Å². The van der Waals surface area contributed by atoms with Crippen LogP contribution < -0.4 is 5.32 Å². The highest BCUT2D eigenvalue weighted by Gasteiger charge is 2.48. The topological polar surface area (TPSA) is 58.6 Å². The van der Waals surface area contributed by atoms with Gasteiger partial charge in [0.15, 0.2) is 0 Å². The van der Waals surface area contributed by atoms with Gasteiger partial charge in [-0.05, 0) is 58.8 Å². The van der Waals surface area contributed by atoms with Gasteiger partial charge in [-0.1, -0.05) is 39.0 Å². The molecule has 0 aromatic rings. The molecule has 1 N–H and O–H groups in total. The molecule has 2 saturated carbocycles. The van der Waals surface area contributed by atoms with Gasteiger partial charge in [0, 0.05) is 30.7 Å². The molecule has 5 heteroatoms. The minimum absolute atomic E-state index is 0.0944. The van der Waals surface area contributed by atoms with Crippen molar-refractivity contribution in [2.75, 3.05) is 13.1 Å². The zero-order chi connectivity index (χ0) is 20.9. The Morgan fingerprint density at radius 2 is 1.76 bits per heavy atom. The highest BCUT2D eigenvalue weighted by Crippen LogP contribution is 2.42. The second-order valence-electron chi connectivity index (χ2n) is 9.34. The van der Waals surface area contributed by atoms with Gasteiger partial charge in [-0.2, -0.15) is 0 Å². The van der Waals surface area contributed by atoms with Crippen LogP contribution in [0.1, 0.15) is 97.8 Å². The Kier molecular flexibility index (Phi) is 7.78. The van der Waals surface area contributed by atoms with E-state index in [1.807, 2.05) is 0 Å². The minimum Gasteiger partial charge on any atom is -0.451 e. The van der Waals surface area contributed by atoms with E-state index in [2.05, 4.69) is 24.1 Å². The molecule has 5 nitrogen and oxygen atoms in total. The van der Waals surface area contributed by atoms with Crippen LogP contribution in [0.15, 0.2) is 11.1 Å². The van der Waals surface area contributed by atoms with Gasteiger partial charge >= 0.3 is 5.97 Å². The first-order valence-corrected chi connectivity index (χ1v) is 12.0. The number of esters is 1. The van der Waals surface area contributed by atoms with Crippen LogP contribution in [0.2, 0.25) is 0 Å². The maximum Gasteiger partial charge on any atom is 0.335 e. The van der Waals surface area contributed by atoms with Crippen molar-refractivity contribution in [1.29, 1.82) is 0 Å². The molecule has 1 spiro atoms. The Balaban J connectivity index is 1.64. The Morgan fingerprint density at radius 3 is 2.38 bits per heavy atom. The second kappa shape index (κ2) is 10.1. The fourth-order valence-corrected chi connectivity index (χ4v) is 5.57. The third-order valence-electron chi connectivity index (χ3n) is 7.42. The Hall–Kier alpha value is -1.36. The summed E-state index contributed by atoms with van der Waals surface area (Å²) in [6, 6.07) is 1.17. The van der Waals surface area contributed by atoms with E-state index >= 15 is 0 Å². The average molecular weight is 405 g/mol. The van der Waals surface area contributed by atoms with Gasteiger partial charge in [0.05, 0.1) is 5.57 Å². The average Bonchev–Trinajstić information content (AvgIpc) is 2.87. The third kappa shape index (κ3) is 5.04. The smallest absolute Gasteiger partial charge is 0.335 e. The molecular formula is C24H40N2O3. The lowest BCUT2D eigenvalue weighted by atomic mass is 9.84. The van der Waals surface area contributed by atoms with Crippen molar-refractivity contribution < 1.29 is 14.3 Å². The van der Waals surface area contributed by atoms with Crippen molar-refractivity contribution in [3.63, 3.8) is 0 Å². The predicted molar refractivity (Wildman–Crippen MR) is 116 cm³/mol. The third-order valence-corrected chi connectivity index (χ3v) is 7.42. The predicted octanol–water partition coefficient (Wildman–Crippen LogP) is 4.50. The molecular weight excluding hydrogens is 364 g/mol. The van der Waals surface area contributed by atoms with Crippen molar-refractivity contribution in [3.8, 4) is 0 Å². The number of hydrogen-bond donors (Lipinski definition) is 1. The van der Waals surface area contributed by atoms with Crippen molar-refractivity contribution in [3.05, 3.63) is 11.1 Å². The van der Waals surface area contributed by atoms with Gasteiger partial charge in [-0.15, -0.1) is 0 Å². The molecule has 3 aliphatic rings. The van der Waals surface area contributed by atoms with Crippen LogP contribution in [-0.2, 0) is 14.3 Å². The van der Waals surface area contributed by atoms with E-state index < -0.39 is 5.60 Å². The maximum atomic E-state index is 13.2. The number of rotatable bonds is 7. The normalized spacial score (nSPS) is 23.9. The molecule has 29 heavy (non-hydrogen) atoms. The molecule has 2 fully saturated rings. The molecule has 1 aliphatic heterocycles. The van der Waals surface area contributed by atoms with Gasteiger partial charge in [0.1, 0.15) is 5.60 Å². The summed E-state index contributed by atoms with van der Waals surface area (Å²) in [5, 5.41) is 3.15. The summed E-state index contributed by atoms with van der Waals surface area (Å²) in [4.78, 5) is 28.1. The summed E-state index contributed by atoms with van der Waals surface area (Å²) in [6.07, 6.45) is 13.5. The first-order valence-electron chi connectivity index (χ1n) is 12.0. The zero-order valence-corrected chi connectivity index (χ0v) is 18.7. The largest absolute Gasteiger partial charge is 0.451 e. The van der Waals surface area contributed by atoms with E-state index in [0.717, 1.165) is 51.5 Å². The number of nitrogens with zero attached hydrogens (tertiary/aromatic N) is 1. The molecule has 0 saturated heterocycles. The number of hydrogen-bond acceptors (Lipinski definition) is 4. The van der Waals surface area contributed by atoms with Crippen LogP contribution >= 0.6 is 0 Å². The number of carbonyl (C=O) groups is 2. The molecule has 0 aromatic carbocycles. The van der Waals surface area contributed by atoms with Crippen LogP contribution in [-0.4, -0.2) is 47.6 Å². The lowest BCUT2D eigenvalue weighted by Crippen LogP contribution is -2.47. The van der Waals surface area contributed by atoms with Crippen molar-refractivity contribution in [1.82, 2.24) is 10.2 Å². The number of carbonyl (C=O) groups excluding carboxylic acids is 2. The van der Waals surface area contributed by atoms with Crippen LogP contribution in [0.25, 0.3) is 0 Å². The fraction of sp³-hybridized carbons (Fsp3) is 0.833. The van der Waals surface area contributed by atoms with Crippen molar-refractivity contribution in [2.45, 2.75) is 116 Å². The quantitative estimate of drug-likeness (QED) is 0.635. The standard InChI is InChI=1S/C24H40N2O3/c1-4-18(2)26(20-12-8-7-9-13-20)17-16-25-22(27)21-19(3)23(28)29-24(21)14-10-5-6-11-15-24/h18,20H,4-17H2,1-3H3,(H,25,27). The second-order valence-corrected chi connectivity index (χ2v) is 9.34. The number of ether oxygens (including phenoxy) is 1. The molecule has 1 atom stereocenters. The van der Waals surface area contributed by atoms with Gasteiger partial charge < -0.3 is 10.1 Å². The first-order chi connectivity index (χ1) is 14.0. The zero-order valence-electron chi connectivity index (χ0n) is 18.7. The molecule has 1 amide bonds. The van der Waals surface area contributed by atoms with E-state index in [4.69, 9.17) is 4.74 Å². The Labute approximate surface area is 176 Å². The fourth-order valence-electron chi connectivity index (χ4n) is 5.57. The van der Waals surface area contributed by atoms with Crippen LogP contribution in [0.3, 0.4) is 0 Å². The summed E-state index contributed by atoms with van der Waals surface area (Å²) in [6.45, 7) is 7.79. The van der Waals surface area contributed by atoms with E-state index in [9.17, 15) is 9.59 Å². The summed E-state index contributed by atoms with van der Waals surface area (Å²) < 4.78 is 5.81. The van der Waals surface area contributed by atoms with Gasteiger partial charge in [-0.25, -0.2) is 4.79 Å². The molecule has 1 unspecified atom stereocenters. The summed E-state index contributed by atoms with van der Waals surface area (Å²) in [5.74, 6) is -0.400. The number of nitrogens with one attached hydrogen (secondary N) is 1. The van der Waals surface area contributed by atoms with Crippen LogP contribution in [0.5, 0.6) is 0 Å². The summed E-state index contributed by atoms with van der Waals surface area (Å²) in [5.41, 5.74) is 0.439. The molecule has 1 heterocycles. The molecule has 2 aliphatic carbocycles. The molecule has 164 valence electrons. The SMILES string of the molecule is CCC(C)N(CCNC(=O)C1=C(C)C(=O)OC12CCCCCC2)C1CCCCC1. The minimum atomic E-state index is -0.679. The first kappa shape index (κ1) is 22.3. The lowest BCUT2D eigenvalue weighted by molar-refractivity contribution is -0.148.